The third kappa shape index (κ3) is 4.66. The number of rotatable bonds is 9. The maximum Gasteiger partial charge on any atom is 0.290 e. The Hall–Kier alpha value is -1.69. The average molecular weight is 347 g/mol. The summed E-state index contributed by atoms with van der Waals surface area (Å²) >= 11 is -1.62. The number of likely N-dealkylation sites (N-methyl/N-ethyl adjacent to an activating group) is 1. The topological polar surface area (TPSA) is 49.8 Å². The third-order valence-electron chi connectivity index (χ3n) is 4.11. The van der Waals surface area contributed by atoms with Gasteiger partial charge in [-0.05, 0) is 24.1 Å². The number of nitrogens with zero attached hydrogens (tertiary/aromatic N) is 1. The molecule has 0 fully saturated rings. The molecule has 2 rings (SSSR count). The quantitative estimate of drug-likeness (QED) is 0.757. The van der Waals surface area contributed by atoms with Crippen LogP contribution in [0.2, 0.25) is 0 Å². The molecule has 2 atom stereocenters. The number of hydrogen-bond donors (Lipinski definition) is 1. The van der Waals surface area contributed by atoms with E-state index < -0.39 is 16.7 Å². The molecule has 0 aliphatic heterocycles. The Morgan fingerprint density at radius 2 is 1.67 bits per heavy atom. The number of benzene rings is 2. The molecule has 2 aromatic rings. The van der Waals surface area contributed by atoms with E-state index in [1.165, 1.54) is 0 Å². The normalized spacial score (nSPS) is 15.0. The second-order valence-electron chi connectivity index (χ2n) is 5.95. The van der Waals surface area contributed by atoms with Crippen molar-refractivity contribution in [3.8, 4) is 5.75 Å². The molecule has 0 aromatic heterocycles. The Morgan fingerprint density at radius 3 is 2.21 bits per heavy atom. The van der Waals surface area contributed by atoms with Crippen LogP contribution >= 0.6 is 0 Å². The number of hydrogen-bond acceptors (Lipinski definition) is 3. The minimum atomic E-state index is -1.62. The van der Waals surface area contributed by atoms with Crippen LogP contribution in [0.5, 0.6) is 5.75 Å². The van der Waals surface area contributed by atoms with E-state index in [-0.39, 0.29) is 6.61 Å². The van der Waals surface area contributed by atoms with Crippen LogP contribution in [0.15, 0.2) is 60.7 Å². The third-order valence-corrected chi connectivity index (χ3v) is 5.08. The van der Waals surface area contributed by atoms with E-state index in [9.17, 15) is 9.32 Å². The first kappa shape index (κ1) is 18.6. The standard InChI is InChI=1S/C19H25NO3S/c1-3-14-19(16-21,17-10-6-4-7-11-17)15-20(2)24(22)23-18-12-8-5-9-13-18/h4-13,21H,3,14-16H2,1-2H3. The van der Waals surface area contributed by atoms with Crippen molar-refractivity contribution in [1.29, 1.82) is 0 Å². The van der Waals surface area contributed by atoms with E-state index in [0.717, 1.165) is 18.4 Å². The van der Waals surface area contributed by atoms with Gasteiger partial charge < -0.3 is 9.29 Å². The van der Waals surface area contributed by atoms with E-state index in [2.05, 4.69) is 6.92 Å². The first-order valence-corrected chi connectivity index (χ1v) is 9.17. The van der Waals surface area contributed by atoms with Crippen molar-refractivity contribution in [1.82, 2.24) is 4.31 Å². The number of aliphatic hydroxyl groups excluding tert-OH is 1. The molecular formula is C19H25NO3S. The fraction of sp³-hybridized carbons (Fsp3) is 0.368. The Morgan fingerprint density at radius 1 is 1.08 bits per heavy atom. The fourth-order valence-corrected chi connectivity index (χ4v) is 3.66. The minimum Gasteiger partial charge on any atom is -0.395 e. The molecular weight excluding hydrogens is 322 g/mol. The summed E-state index contributed by atoms with van der Waals surface area (Å²) in [5, 5.41) is 10.1. The van der Waals surface area contributed by atoms with Crippen LogP contribution in [0.4, 0.5) is 0 Å². The van der Waals surface area contributed by atoms with Crippen LogP contribution in [0, 0.1) is 0 Å². The van der Waals surface area contributed by atoms with Crippen LogP contribution in [-0.4, -0.2) is 33.8 Å². The molecule has 0 amide bonds. The van der Waals surface area contributed by atoms with Gasteiger partial charge in [-0.15, -0.1) is 0 Å². The Kier molecular flexibility index (Phi) is 6.97. The van der Waals surface area contributed by atoms with E-state index in [1.807, 2.05) is 48.5 Å². The Bertz CT molecular complexity index is 636. The van der Waals surface area contributed by atoms with Crippen molar-refractivity contribution in [2.45, 2.75) is 25.2 Å². The summed E-state index contributed by atoms with van der Waals surface area (Å²) in [6, 6.07) is 19.0. The summed E-state index contributed by atoms with van der Waals surface area (Å²) in [5.74, 6) is 0.562. The smallest absolute Gasteiger partial charge is 0.290 e. The van der Waals surface area contributed by atoms with Gasteiger partial charge in [0, 0.05) is 19.0 Å². The van der Waals surface area contributed by atoms with Gasteiger partial charge in [0.1, 0.15) is 5.75 Å². The first-order valence-electron chi connectivity index (χ1n) is 8.14. The van der Waals surface area contributed by atoms with Crippen molar-refractivity contribution >= 4 is 11.3 Å². The lowest BCUT2D eigenvalue weighted by Crippen LogP contribution is -2.43. The van der Waals surface area contributed by atoms with Crippen molar-refractivity contribution in [3.63, 3.8) is 0 Å². The Balaban J connectivity index is 2.15. The zero-order valence-corrected chi connectivity index (χ0v) is 15.0. The van der Waals surface area contributed by atoms with E-state index >= 15 is 0 Å². The van der Waals surface area contributed by atoms with E-state index in [1.54, 1.807) is 23.5 Å². The zero-order chi connectivity index (χ0) is 17.4. The van der Waals surface area contributed by atoms with Gasteiger partial charge >= 0.3 is 0 Å². The molecule has 0 saturated carbocycles. The highest BCUT2D eigenvalue weighted by atomic mass is 32.2. The van der Waals surface area contributed by atoms with Crippen molar-refractivity contribution in [3.05, 3.63) is 66.2 Å². The molecule has 1 N–H and O–H groups in total. The van der Waals surface area contributed by atoms with E-state index in [4.69, 9.17) is 4.18 Å². The highest BCUT2D eigenvalue weighted by molar-refractivity contribution is 7.78. The average Bonchev–Trinajstić information content (AvgIpc) is 2.62. The van der Waals surface area contributed by atoms with Gasteiger partial charge in [0.15, 0.2) is 0 Å². The van der Waals surface area contributed by atoms with Crippen molar-refractivity contribution in [2.75, 3.05) is 20.2 Å². The SMILES string of the molecule is CCCC(CO)(CN(C)S(=O)Oc1ccccc1)c1ccccc1. The summed E-state index contributed by atoms with van der Waals surface area (Å²) in [6.07, 6.45) is 1.73. The van der Waals surface area contributed by atoms with Gasteiger partial charge in [-0.1, -0.05) is 61.9 Å². The molecule has 0 saturated heterocycles. The predicted octanol–water partition coefficient (Wildman–Crippen LogP) is 3.31. The van der Waals surface area contributed by atoms with Crippen molar-refractivity contribution in [2.24, 2.45) is 0 Å². The summed E-state index contributed by atoms with van der Waals surface area (Å²) in [7, 11) is 1.75. The summed E-state index contributed by atoms with van der Waals surface area (Å²) < 4.78 is 19.6. The molecule has 24 heavy (non-hydrogen) atoms. The molecule has 0 bridgehead atoms. The fourth-order valence-electron chi connectivity index (χ4n) is 2.91. The highest BCUT2D eigenvalue weighted by Crippen LogP contribution is 2.30. The minimum absolute atomic E-state index is 0.00225. The van der Waals surface area contributed by atoms with Crippen LogP contribution in [0.3, 0.4) is 0 Å². The molecule has 0 aliphatic rings. The molecule has 130 valence electrons. The molecule has 0 heterocycles. The lowest BCUT2D eigenvalue weighted by molar-refractivity contribution is 0.162. The molecule has 2 unspecified atom stereocenters. The Labute approximate surface area is 146 Å². The van der Waals surface area contributed by atoms with Crippen LogP contribution in [-0.2, 0) is 16.7 Å². The van der Waals surface area contributed by atoms with Crippen LogP contribution in [0.25, 0.3) is 0 Å². The summed E-state index contributed by atoms with van der Waals surface area (Å²) in [6.45, 7) is 2.53. The maximum atomic E-state index is 12.5. The predicted molar refractivity (Wildman–Crippen MR) is 98.0 cm³/mol. The summed E-state index contributed by atoms with van der Waals surface area (Å²) in [5.41, 5.74) is 0.596. The molecule has 0 radical (unpaired) electrons. The second-order valence-corrected chi connectivity index (χ2v) is 7.18. The molecule has 0 aliphatic carbocycles. The van der Waals surface area contributed by atoms with Gasteiger partial charge in [0.05, 0.1) is 6.61 Å². The largest absolute Gasteiger partial charge is 0.395 e. The monoisotopic (exact) mass is 347 g/mol. The zero-order valence-electron chi connectivity index (χ0n) is 14.2. The number of aliphatic hydroxyl groups is 1. The second kappa shape index (κ2) is 8.97. The first-order chi connectivity index (χ1) is 11.6. The van der Waals surface area contributed by atoms with Crippen molar-refractivity contribution < 1.29 is 13.5 Å². The van der Waals surface area contributed by atoms with Gasteiger partial charge in [-0.2, -0.15) is 8.51 Å². The van der Waals surface area contributed by atoms with Crippen LogP contribution < -0.4 is 4.18 Å². The number of para-hydroxylation sites is 1. The lowest BCUT2D eigenvalue weighted by atomic mass is 9.77. The lowest BCUT2D eigenvalue weighted by Gasteiger charge is -2.35. The van der Waals surface area contributed by atoms with Gasteiger partial charge in [-0.3, -0.25) is 0 Å². The van der Waals surface area contributed by atoms with E-state index in [0.29, 0.717) is 12.3 Å². The van der Waals surface area contributed by atoms with Crippen LogP contribution in [0.1, 0.15) is 25.3 Å². The maximum absolute atomic E-state index is 12.5. The summed E-state index contributed by atoms with van der Waals surface area (Å²) in [4.78, 5) is 0. The molecule has 0 spiro atoms. The van der Waals surface area contributed by atoms with Gasteiger partial charge in [0.25, 0.3) is 11.3 Å². The van der Waals surface area contributed by atoms with Gasteiger partial charge in [0.2, 0.25) is 0 Å². The molecule has 2 aromatic carbocycles. The molecule has 4 nitrogen and oxygen atoms in total. The molecule has 5 heteroatoms. The van der Waals surface area contributed by atoms with Gasteiger partial charge in [-0.25, -0.2) is 0 Å². The highest BCUT2D eigenvalue weighted by Gasteiger charge is 2.33.